The van der Waals surface area contributed by atoms with E-state index in [9.17, 15) is 14.4 Å². The number of benzene rings is 1. The second kappa shape index (κ2) is 7.25. The zero-order valence-electron chi connectivity index (χ0n) is 13.4. The molecular formula is C19H20N2O3. The third kappa shape index (κ3) is 3.79. The Hall–Kier alpha value is -2.69. The number of hydrogen-bond donors (Lipinski definition) is 1. The molecule has 24 heavy (non-hydrogen) atoms. The predicted octanol–water partition coefficient (Wildman–Crippen LogP) is 1.75. The third-order valence-electron chi connectivity index (χ3n) is 4.36. The van der Waals surface area contributed by atoms with E-state index in [1.54, 1.807) is 0 Å². The summed E-state index contributed by atoms with van der Waals surface area (Å²) in [6.45, 7) is 0.307. The van der Waals surface area contributed by atoms with Crippen molar-refractivity contribution in [2.45, 2.75) is 31.7 Å². The van der Waals surface area contributed by atoms with Crippen LogP contribution in [0.5, 0.6) is 0 Å². The summed E-state index contributed by atoms with van der Waals surface area (Å²) in [5.41, 5.74) is 1.94. The Morgan fingerprint density at radius 1 is 1.12 bits per heavy atom. The van der Waals surface area contributed by atoms with E-state index < -0.39 is 0 Å². The van der Waals surface area contributed by atoms with E-state index in [2.05, 4.69) is 5.32 Å². The van der Waals surface area contributed by atoms with Crippen molar-refractivity contribution in [1.82, 2.24) is 10.2 Å². The molecule has 1 unspecified atom stereocenters. The minimum Gasteiger partial charge on any atom is -0.349 e. The molecule has 1 aliphatic heterocycles. The van der Waals surface area contributed by atoms with Crippen molar-refractivity contribution >= 4 is 17.7 Å². The lowest BCUT2D eigenvalue weighted by atomic mass is 9.97. The molecule has 1 heterocycles. The first-order chi connectivity index (χ1) is 11.6. The van der Waals surface area contributed by atoms with Gasteiger partial charge in [0.25, 0.3) is 11.8 Å². The average Bonchev–Trinajstić information content (AvgIpc) is 2.83. The van der Waals surface area contributed by atoms with E-state index in [-0.39, 0.29) is 23.8 Å². The van der Waals surface area contributed by atoms with Gasteiger partial charge in [-0.15, -0.1) is 0 Å². The molecule has 5 nitrogen and oxygen atoms in total. The first kappa shape index (κ1) is 16.2. The maximum absolute atomic E-state index is 12.2. The number of nitrogens with zero attached hydrogens (tertiary/aromatic N) is 1. The lowest BCUT2D eigenvalue weighted by molar-refractivity contribution is -0.136. The Labute approximate surface area is 141 Å². The van der Waals surface area contributed by atoms with Crippen LogP contribution in [-0.4, -0.2) is 35.2 Å². The summed E-state index contributed by atoms with van der Waals surface area (Å²) in [5, 5.41) is 3.04. The Morgan fingerprint density at radius 3 is 2.38 bits per heavy atom. The summed E-state index contributed by atoms with van der Waals surface area (Å²) < 4.78 is 0. The molecule has 1 aliphatic carbocycles. The number of rotatable bonds is 7. The van der Waals surface area contributed by atoms with Gasteiger partial charge in [-0.2, -0.15) is 0 Å². The Morgan fingerprint density at radius 2 is 1.79 bits per heavy atom. The Bertz CT molecular complexity index is 689. The molecule has 1 N–H and O–H groups in total. The Kier molecular flexibility index (Phi) is 4.89. The van der Waals surface area contributed by atoms with Crippen molar-refractivity contribution in [3.05, 3.63) is 59.7 Å². The normalized spacial score (nSPS) is 17.5. The van der Waals surface area contributed by atoms with Crippen LogP contribution >= 0.6 is 0 Å². The van der Waals surface area contributed by atoms with Gasteiger partial charge in [0.15, 0.2) is 0 Å². The quantitative estimate of drug-likeness (QED) is 0.777. The lowest BCUT2D eigenvalue weighted by Crippen LogP contribution is -2.41. The fraction of sp³-hybridized carbons (Fsp3) is 0.316. The lowest BCUT2D eigenvalue weighted by Gasteiger charge is -2.24. The standard InChI is InChI=1S/C19H20N2O3/c22-17-9-10-18(23)21(17)12-11-16(13-14-5-2-1-3-6-14)20-19(24)15-7-4-8-15/h1-3,5-7,9-10,16H,4,8,11-13H2,(H,20,24). The van der Waals surface area contributed by atoms with Crippen molar-refractivity contribution in [1.29, 1.82) is 0 Å². The number of allylic oxidation sites excluding steroid dienone is 1. The van der Waals surface area contributed by atoms with Crippen molar-refractivity contribution in [2.75, 3.05) is 6.54 Å². The molecule has 1 atom stereocenters. The summed E-state index contributed by atoms with van der Waals surface area (Å²) in [7, 11) is 0. The molecule has 0 aromatic heterocycles. The van der Waals surface area contributed by atoms with Crippen LogP contribution in [0.15, 0.2) is 54.1 Å². The van der Waals surface area contributed by atoms with E-state index in [1.165, 1.54) is 17.1 Å². The molecule has 1 aromatic carbocycles. The summed E-state index contributed by atoms with van der Waals surface area (Å²) >= 11 is 0. The molecule has 0 saturated carbocycles. The molecule has 3 rings (SSSR count). The van der Waals surface area contributed by atoms with Gasteiger partial charge in [0.1, 0.15) is 0 Å². The maximum Gasteiger partial charge on any atom is 0.253 e. The van der Waals surface area contributed by atoms with Crippen LogP contribution < -0.4 is 5.32 Å². The van der Waals surface area contributed by atoms with Gasteiger partial charge in [-0.1, -0.05) is 36.4 Å². The minimum absolute atomic E-state index is 0.0422. The fourth-order valence-corrected chi connectivity index (χ4v) is 2.83. The summed E-state index contributed by atoms with van der Waals surface area (Å²) in [5.74, 6) is -0.614. The highest BCUT2D eigenvalue weighted by Gasteiger charge is 2.25. The van der Waals surface area contributed by atoms with Crippen LogP contribution in [0.3, 0.4) is 0 Å². The molecule has 0 bridgehead atoms. The second-order valence-corrected chi connectivity index (χ2v) is 6.08. The number of amides is 3. The van der Waals surface area contributed by atoms with Gasteiger partial charge in [-0.05, 0) is 31.2 Å². The molecule has 124 valence electrons. The van der Waals surface area contributed by atoms with Gasteiger partial charge in [-0.25, -0.2) is 0 Å². The zero-order chi connectivity index (χ0) is 16.9. The number of hydrogen-bond acceptors (Lipinski definition) is 3. The molecular weight excluding hydrogens is 304 g/mol. The molecule has 0 fully saturated rings. The molecule has 2 aliphatic rings. The van der Waals surface area contributed by atoms with Crippen molar-refractivity contribution in [3.63, 3.8) is 0 Å². The van der Waals surface area contributed by atoms with Gasteiger partial charge >= 0.3 is 0 Å². The zero-order valence-corrected chi connectivity index (χ0v) is 13.4. The van der Waals surface area contributed by atoms with Crippen LogP contribution in [0.25, 0.3) is 0 Å². The molecule has 0 saturated heterocycles. The first-order valence-electron chi connectivity index (χ1n) is 8.21. The minimum atomic E-state index is -0.286. The highest BCUT2D eigenvalue weighted by molar-refractivity contribution is 6.12. The highest BCUT2D eigenvalue weighted by atomic mass is 16.2. The van der Waals surface area contributed by atoms with Crippen LogP contribution in [0.1, 0.15) is 24.8 Å². The van der Waals surface area contributed by atoms with Gasteiger partial charge in [-0.3, -0.25) is 19.3 Å². The van der Waals surface area contributed by atoms with E-state index in [1.807, 2.05) is 36.4 Å². The van der Waals surface area contributed by atoms with E-state index in [4.69, 9.17) is 0 Å². The monoisotopic (exact) mass is 324 g/mol. The molecule has 0 radical (unpaired) electrons. The van der Waals surface area contributed by atoms with E-state index in [0.717, 1.165) is 24.0 Å². The second-order valence-electron chi connectivity index (χ2n) is 6.08. The predicted molar refractivity (Wildman–Crippen MR) is 89.9 cm³/mol. The van der Waals surface area contributed by atoms with Gasteiger partial charge in [0.05, 0.1) is 0 Å². The molecule has 5 heteroatoms. The average molecular weight is 324 g/mol. The van der Waals surface area contributed by atoms with E-state index >= 15 is 0 Å². The van der Waals surface area contributed by atoms with Crippen LogP contribution in [0.2, 0.25) is 0 Å². The van der Waals surface area contributed by atoms with Gasteiger partial charge in [0, 0.05) is 30.3 Å². The fourth-order valence-electron chi connectivity index (χ4n) is 2.83. The Balaban J connectivity index is 1.63. The van der Waals surface area contributed by atoms with Crippen molar-refractivity contribution < 1.29 is 14.4 Å². The summed E-state index contributed by atoms with van der Waals surface area (Å²) in [6, 6.07) is 9.76. The molecule has 1 aromatic rings. The number of imide groups is 1. The number of carbonyl (C=O) groups is 3. The molecule has 0 spiro atoms. The molecule has 3 amide bonds. The largest absolute Gasteiger partial charge is 0.349 e. The van der Waals surface area contributed by atoms with Gasteiger partial charge in [0.2, 0.25) is 5.91 Å². The topological polar surface area (TPSA) is 66.5 Å². The number of carbonyl (C=O) groups excluding carboxylic acids is 3. The first-order valence-corrected chi connectivity index (χ1v) is 8.21. The van der Waals surface area contributed by atoms with Crippen molar-refractivity contribution in [2.24, 2.45) is 0 Å². The van der Waals surface area contributed by atoms with Crippen LogP contribution in [0, 0.1) is 0 Å². The number of nitrogens with one attached hydrogen (secondary N) is 1. The smallest absolute Gasteiger partial charge is 0.253 e. The van der Waals surface area contributed by atoms with Crippen LogP contribution in [-0.2, 0) is 20.8 Å². The van der Waals surface area contributed by atoms with Crippen molar-refractivity contribution in [3.8, 4) is 0 Å². The van der Waals surface area contributed by atoms with Gasteiger partial charge < -0.3 is 5.32 Å². The maximum atomic E-state index is 12.2. The van der Waals surface area contributed by atoms with Crippen LogP contribution in [0.4, 0.5) is 0 Å². The summed E-state index contributed by atoms with van der Waals surface area (Å²) in [6.07, 6.45) is 7.48. The summed E-state index contributed by atoms with van der Waals surface area (Å²) in [4.78, 5) is 36.8. The third-order valence-corrected chi connectivity index (χ3v) is 4.36. The highest BCUT2D eigenvalue weighted by Crippen LogP contribution is 2.18. The SMILES string of the molecule is O=C(NC(CCN1C(=O)C=CC1=O)Cc1ccccc1)C1=CCC1. The van der Waals surface area contributed by atoms with E-state index in [0.29, 0.717) is 19.4 Å².